The van der Waals surface area contributed by atoms with Crippen molar-refractivity contribution in [3.05, 3.63) is 29.3 Å². The molecule has 0 saturated carbocycles. The van der Waals surface area contributed by atoms with Gasteiger partial charge in [-0.2, -0.15) is 9.61 Å². The molecule has 2 saturated heterocycles. The molecule has 0 amide bonds. The molecular weight excluding hydrogens is 436 g/mol. The highest BCUT2D eigenvalue weighted by molar-refractivity contribution is 7.99. The van der Waals surface area contributed by atoms with Gasteiger partial charge in [0, 0.05) is 35.6 Å². The fraction of sp³-hybridized carbons (Fsp3) is 0.500. The molecule has 11 heteroatoms. The summed E-state index contributed by atoms with van der Waals surface area (Å²) in [5.41, 5.74) is 14.0. The highest BCUT2D eigenvalue weighted by Crippen LogP contribution is 2.43. The fourth-order valence-corrected chi connectivity index (χ4v) is 5.73. The lowest BCUT2D eigenvalue weighted by Gasteiger charge is -2.41. The van der Waals surface area contributed by atoms with E-state index in [1.807, 2.05) is 13.0 Å². The molecule has 9 nitrogen and oxygen atoms in total. The normalized spacial score (nSPS) is 23.2. The summed E-state index contributed by atoms with van der Waals surface area (Å²) in [6.07, 6.45) is 5.25. The summed E-state index contributed by atoms with van der Waals surface area (Å²) in [6.45, 7) is 6.48. The van der Waals surface area contributed by atoms with Crippen LogP contribution in [0.15, 0.2) is 28.4 Å². The van der Waals surface area contributed by atoms with E-state index in [1.54, 1.807) is 17.0 Å². The summed E-state index contributed by atoms with van der Waals surface area (Å²) in [7, 11) is 0. The molecule has 2 aliphatic heterocycles. The number of aryl methyl sites for hydroxylation is 1. The van der Waals surface area contributed by atoms with Crippen molar-refractivity contribution < 1.29 is 4.74 Å². The number of fused-ring (bicyclic) bond motifs is 1. The molecule has 4 N–H and O–H groups in total. The minimum Gasteiger partial charge on any atom is -0.382 e. The minimum absolute atomic E-state index is 0.0558. The van der Waals surface area contributed by atoms with E-state index in [2.05, 4.69) is 26.9 Å². The standard InChI is InChI=1S/C20H25ClN8OS/c1-11-15(31-13-3-6-24-17(23)14(13)21)18-25-10-26-29(18)19(27-11)28-7-4-20(5-8-28)9-30-12(2)16(20)22/h3,6,10,12,16H,4-5,7-9,22H2,1-2H3,(H2,23,24). The van der Waals surface area contributed by atoms with E-state index < -0.39 is 0 Å². The highest BCUT2D eigenvalue weighted by Gasteiger charge is 2.47. The van der Waals surface area contributed by atoms with Crippen LogP contribution in [-0.4, -0.2) is 56.4 Å². The molecule has 2 fully saturated rings. The predicted octanol–water partition coefficient (Wildman–Crippen LogP) is 2.55. The third-order valence-corrected chi connectivity index (χ3v) is 8.27. The number of ether oxygens (including phenoxy) is 1. The van der Waals surface area contributed by atoms with Crippen LogP contribution >= 0.6 is 23.4 Å². The first-order chi connectivity index (χ1) is 14.9. The first-order valence-corrected chi connectivity index (χ1v) is 11.5. The van der Waals surface area contributed by atoms with E-state index in [1.165, 1.54) is 11.8 Å². The summed E-state index contributed by atoms with van der Waals surface area (Å²) in [5, 5.41) is 4.89. The zero-order chi connectivity index (χ0) is 21.8. The van der Waals surface area contributed by atoms with E-state index in [0.717, 1.165) is 59.6 Å². The maximum absolute atomic E-state index is 6.47. The molecule has 3 aromatic rings. The van der Waals surface area contributed by atoms with Crippen molar-refractivity contribution in [2.75, 3.05) is 30.3 Å². The highest BCUT2D eigenvalue weighted by atomic mass is 35.5. The van der Waals surface area contributed by atoms with Crippen molar-refractivity contribution in [3.8, 4) is 0 Å². The number of anilines is 2. The SMILES string of the molecule is Cc1nc(N2CCC3(CC2)COC(C)C3N)n2ncnc2c1Sc1ccnc(N)c1Cl. The van der Waals surface area contributed by atoms with Gasteiger partial charge in [-0.25, -0.2) is 15.0 Å². The number of hydrogen-bond donors (Lipinski definition) is 2. The van der Waals surface area contributed by atoms with Gasteiger partial charge in [0.2, 0.25) is 5.95 Å². The quantitative estimate of drug-likeness (QED) is 0.607. The maximum atomic E-state index is 6.47. The Bertz CT molecular complexity index is 1130. The Morgan fingerprint density at radius 3 is 2.77 bits per heavy atom. The van der Waals surface area contributed by atoms with Crippen LogP contribution in [0.25, 0.3) is 5.65 Å². The molecule has 0 bridgehead atoms. The Morgan fingerprint density at radius 2 is 2.06 bits per heavy atom. The second-order valence-electron chi connectivity index (χ2n) is 8.32. The molecule has 164 valence electrons. The number of hydrogen-bond acceptors (Lipinski definition) is 9. The van der Waals surface area contributed by atoms with Gasteiger partial charge in [-0.15, -0.1) is 0 Å². The summed E-state index contributed by atoms with van der Waals surface area (Å²) in [6, 6.07) is 1.91. The molecule has 2 aliphatic rings. The first-order valence-electron chi connectivity index (χ1n) is 10.3. The Kier molecular flexibility index (Phi) is 5.20. The Hall–Kier alpha value is -2.14. The van der Waals surface area contributed by atoms with Crippen LogP contribution in [0, 0.1) is 12.3 Å². The van der Waals surface area contributed by atoms with Crippen LogP contribution in [0.1, 0.15) is 25.5 Å². The van der Waals surface area contributed by atoms with E-state index in [-0.39, 0.29) is 17.6 Å². The van der Waals surface area contributed by atoms with Gasteiger partial charge >= 0.3 is 0 Å². The average molecular weight is 461 g/mol. The number of aromatic nitrogens is 5. The predicted molar refractivity (Wildman–Crippen MR) is 121 cm³/mol. The fourth-order valence-electron chi connectivity index (χ4n) is 4.53. The number of piperidine rings is 1. The van der Waals surface area contributed by atoms with Gasteiger partial charge in [0.05, 0.1) is 28.3 Å². The smallest absolute Gasteiger partial charge is 0.228 e. The monoisotopic (exact) mass is 460 g/mol. The number of nitrogen functional groups attached to an aromatic ring is 1. The van der Waals surface area contributed by atoms with Crippen molar-refractivity contribution in [3.63, 3.8) is 0 Å². The molecular formula is C20H25ClN8OS. The molecule has 0 aromatic carbocycles. The van der Waals surface area contributed by atoms with Crippen molar-refractivity contribution in [2.45, 2.75) is 48.6 Å². The third-order valence-electron chi connectivity index (χ3n) is 6.52. The van der Waals surface area contributed by atoms with Gasteiger partial charge in [0.25, 0.3) is 0 Å². The van der Waals surface area contributed by atoms with Gasteiger partial charge in [0.1, 0.15) is 12.1 Å². The Balaban J connectivity index is 1.45. The first kappa shape index (κ1) is 20.7. The number of halogens is 1. The van der Waals surface area contributed by atoms with Gasteiger partial charge in [-0.1, -0.05) is 23.4 Å². The molecule has 3 aromatic heterocycles. The molecule has 1 spiro atoms. The van der Waals surface area contributed by atoms with Crippen molar-refractivity contribution in [2.24, 2.45) is 11.1 Å². The molecule has 2 unspecified atom stereocenters. The van der Waals surface area contributed by atoms with E-state index in [0.29, 0.717) is 10.8 Å². The van der Waals surface area contributed by atoms with Crippen LogP contribution in [-0.2, 0) is 4.74 Å². The largest absolute Gasteiger partial charge is 0.382 e. The number of rotatable bonds is 3. The molecule has 31 heavy (non-hydrogen) atoms. The molecule has 2 atom stereocenters. The van der Waals surface area contributed by atoms with Crippen LogP contribution in [0.2, 0.25) is 5.02 Å². The average Bonchev–Trinajstić information content (AvgIpc) is 3.35. The Morgan fingerprint density at radius 1 is 1.29 bits per heavy atom. The molecule has 0 radical (unpaired) electrons. The van der Waals surface area contributed by atoms with Crippen molar-refractivity contribution in [1.82, 2.24) is 24.6 Å². The molecule has 5 rings (SSSR count). The van der Waals surface area contributed by atoms with Gasteiger partial charge in [-0.05, 0) is 32.8 Å². The summed E-state index contributed by atoms with van der Waals surface area (Å²) in [4.78, 5) is 17.4. The molecule has 0 aliphatic carbocycles. The van der Waals surface area contributed by atoms with Gasteiger partial charge < -0.3 is 21.1 Å². The maximum Gasteiger partial charge on any atom is 0.228 e. The van der Waals surface area contributed by atoms with Crippen LogP contribution in [0.3, 0.4) is 0 Å². The number of nitrogens with zero attached hydrogens (tertiary/aromatic N) is 6. The van der Waals surface area contributed by atoms with E-state index in [4.69, 9.17) is 32.8 Å². The van der Waals surface area contributed by atoms with E-state index in [9.17, 15) is 0 Å². The van der Waals surface area contributed by atoms with Crippen LogP contribution < -0.4 is 16.4 Å². The second-order valence-corrected chi connectivity index (χ2v) is 9.75. The third kappa shape index (κ3) is 3.42. The lowest BCUT2D eigenvalue weighted by Crippen LogP contribution is -2.51. The van der Waals surface area contributed by atoms with Crippen molar-refractivity contribution >= 4 is 40.8 Å². The van der Waals surface area contributed by atoms with Gasteiger partial charge in [-0.3, -0.25) is 0 Å². The lowest BCUT2D eigenvalue weighted by atomic mass is 9.73. The second kappa shape index (κ2) is 7.77. The number of nitrogens with two attached hydrogens (primary N) is 2. The van der Waals surface area contributed by atoms with Crippen LogP contribution in [0.5, 0.6) is 0 Å². The minimum atomic E-state index is 0.0558. The topological polar surface area (TPSA) is 120 Å². The zero-order valence-electron chi connectivity index (χ0n) is 17.5. The van der Waals surface area contributed by atoms with Gasteiger partial charge in [0.15, 0.2) is 5.65 Å². The number of pyridine rings is 1. The summed E-state index contributed by atoms with van der Waals surface area (Å²) >= 11 is 7.83. The molecule has 5 heterocycles. The van der Waals surface area contributed by atoms with E-state index >= 15 is 0 Å². The van der Waals surface area contributed by atoms with Crippen LogP contribution in [0.4, 0.5) is 11.8 Å². The Labute approximate surface area is 189 Å². The zero-order valence-corrected chi connectivity index (χ0v) is 19.0. The summed E-state index contributed by atoms with van der Waals surface area (Å²) in [5.74, 6) is 1.10. The summed E-state index contributed by atoms with van der Waals surface area (Å²) < 4.78 is 7.66. The lowest BCUT2D eigenvalue weighted by molar-refractivity contribution is 0.0973. The van der Waals surface area contributed by atoms with Crippen molar-refractivity contribution in [1.29, 1.82) is 0 Å².